The van der Waals surface area contributed by atoms with Crippen LogP contribution in [0, 0.1) is 10.1 Å². The molecule has 1 N–H and O–H groups in total. The lowest BCUT2D eigenvalue weighted by atomic mass is 10.1. The molecule has 0 unspecified atom stereocenters. The van der Waals surface area contributed by atoms with Gasteiger partial charge in [0.15, 0.2) is 0 Å². The minimum atomic E-state index is -0.406. The van der Waals surface area contributed by atoms with E-state index in [1.807, 2.05) is 17.8 Å². The average Bonchev–Trinajstić information content (AvgIpc) is 2.86. The smallest absolute Gasteiger partial charge is 0.270 e. The first-order valence-corrected chi connectivity index (χ1v) is 6.62. The summed E-state index contributed by atoms with van der Waals surface area (Å²) in [5.41, 5.74) is 0.836. The molecule has 7 heteroatoms. The maximum absolute atomic E-state index is 10.8. The zero-order chi connectivity index (χ0) is 15.2. The van der Waals surface area contributed by atoms with Gasteiger partial charge in [0, 0.05) is 50.1 Å². The predicted molar refractivity (Wildman–Crippen MR) is 78.3 cm³/mol. The summed E-state index contributed by atoms with van der Waals surface area (Å²) in [4.78, 5) is 14.6. The summed E-state index contributed by atoms with van der Waals surface area (Å²) in [6.07, 6.45) is 4.31. The molecule has 0 radical (unpaired) electrons. The molecule has 2 aromatic rings. The van der Waals surface area contributed by atoms with Crippen LogP contribution in [0.1, 0.15) is 11.4 Å². The molecule has 0 saturated carbocycles. The van der Waals surface area contributed by atoms with Crippen molar-refractivity contribution in [2.75, 3.05) is 13.7 Å². The highest BCUT2D eigenvalue weighted by molar-refractivity contribution is 5.43. The first-order chi connectivity index (χ1) is 10.1. The van der Waals surface area contributed by atoms with Crippen LogP contribution < -0.4 is 10.1 Å². The van der Waals surface area contributed by atoms with E-state index in [-0.39, 0.29) is 5.69 Å². The number of aryl methyl sites for hydroxylation is 1. The molecular formula is C14H18N4O3. The third kappa shape index (κ3) is 3.79. The number of nitrogens with one attached hydrogen (secondary N) is 1. The third-order valence-electron chi connectivity index (χ3n) is 3.13. The molecule has 0 atom stereocenters. The number of aromatic nitrogens is 2. The van der Waals surface area contributed by atoms with Gasteiger partial charge in [-0.05, 0) is 13.1 Å². The minimum absolute atomic E-state index is 0.0664. The number of nitrogens with zero attached hydrogens (tertiary/aromatic N) is 3. The standard InChI is InChI=1S/C14H18N4O3/c1-15-10-11-9-12(18(19)20)3-4-13(11)21-8-5-14-16-6-7-17(14)2/h3-4,6-7,9,15H,5,8,10H2,1-2H3. The van der Waals surface area contributed by atoms with Crippen LogP contribution >= 0.6 is 0 Å². The van der Waals surface area contributed by atoms with Crippen molar-refractivity contribution in [1.29, 1.82) is 0 Å². The minimum Gasteiger partial charge on any atom is -0.493 e. The van der Waals surface area contributed by atoms with Crippen LogP contribution in [-0.2, 0) is 20.0 Å². The van der Waals surface area contributed by atoms with Crippen molar-refractivity contribution in [2.45, 2.75) is 13.0 Å². The van der Waals surface area contributed by atoms with Crippen molar-refractivity contribution in [3.05, 3.63) is 52.1 Å². The molecule has 21 heavy (non-hydrogen) atoms. The van der Waals surface area contributed by atoms with E-state index in [9.17, 15) is 10.1 Å². The van der Waals surface area contributed by atoms with Gasteiger partial charge in [-0.3, -0.25) is 10.1 Å². The quantitative estimate of drug-likeness (QED) is 0.619. The van der Waals surface area contributed by atoms with E-state index in [4.69, 9.17) is 4.74 Å². The monoisotopic (exact) mass is 290 g/mol. The number of rotatable bonds is 7. The first-order valence-electron chi connectivity index (χ1n) is 6.62. The number of ether oxygens (including phenoxy) is 1. The van der Waals surface area contributed by atoms with Crippen LogP contribution in [0.2, 0.25) is 0 Å². The van der Waals surface area contributed by atoms with E-state index in [0.29, 0.717) is 25.3 Å². The summed E-state index contributed by atoms with van der Waals surface area (Å²) >= 11 is 0. The second-order valence-electron chi connectivity index (χ2n) is 4.63. The summed E-state index contributed by atoms with van der Waals surface area (Å²) in [5, 5.41) is 13.8. The summed E-state index contributed by atoms with van der Waals surface area (Å²) < 4.78 is 7.68. The molecule has 7 nitrogen and oxygen atoms in total. The second-order valence-corrected chi connectivity index (χ2v) is 4.63. The van der Waals surface area contributed by atoms with Crippen LogP contribution in [0.4, 0.5) is 5.69 Å². The number of non-ortho nitro benzene ring substituents is 1. The van der Waals surface area contributed by atoms with Crippen molar-refractivity contribution in [2.24, 2.45) is 7.05 Å². The highest BCUT2D eigenvalue weighted by atomic mass is 16.6. The van der Waals surface area contributed by atoms with Gasteiger partial charge in [0.05, 0.1) is 11.5 Å². The van der Waals surface area contributed by atoms with E-state index < -0.39 is 4.92 Å². The predicted octanol–water partition coefficient (Wildman–Crippen LogP) is 1.67. The zero-order valence-corrected chi connectivity index (χ0v) is 12.1. The van der Waals surface area contributed by atoms with Gasteiger partial charge in [0.2, 0.25) is 0 Å². The van der Waals surface area contributed by atoms with Crippen molar-refractivity contribution in [3.8, 4) is 5.75 Å². The molecule has 0 amide bonds. The first kappa shape index (κ1) is 15.0. The Morgan fingerprint density at radius 3 is 2.90 bits per heavy atom. The molecule has 0 spiro atoms. The van der Waals surface area contributed by atoms with Crippen LogP contribution in [0.15, 0.2) is 30.6 Å². The highest BCUT2D eigenvalue weighted by Crippen LogP contribution is 2.24. The molecule has 0 saturated heterocycles. The molecule has 1 aromatic heterocycles. The van der Waals surface area contributed by atoms with Crippen molar-refractivity contribution in [1.82, 2.24) is 14.9 Å². The summed E-state index contributed by atoms with van der Waals surface area (Å²) in [7, 11) is 3.72. The van der Waals surface area contributed by atoms with Crippen molar-refractivity contribution >= 4 is 5.69 Å². The lowest BCUT2D eigenvalue weighted by Crippen LogP contribution is -2.10. The lowest BCUT2D eigenvalue weighted by molar-refractivity contribution is -0.384. The van der Waals surface area contributed by atoms with Crippen LogP contribution in [0.3, 0.4) is 0 Å². The molecule has 0 aliphatic carbocycles. The zero-order valence-electron chi connectivity index (χ0n) is 12.1. The van der Waals surface area contributed by atoms with Gasteiger partial charge in [0.1, 0.15) is 11.6 Å². The van der Waals surface area contributed by atoms with Crippen LogP contribution in [0.25, 0.3) is 0 Å². The van der Waals surface area contributed by atoms with E-state index in [2.05, 4.69) is 10.3 Å². The highest BCUT2D eigenvalue weighted by Gasteiger charge is 2.11. The lowest BCUT2D eigenvalue weighted by Gasteiger charge is -2.11. The Morgan fingerprint density at radius 1 is 1.48 bits per heavy atom. The van der Waals surface area contributed by atoms with Gasteiger partial charge in [-0.15, -0.1) is 0 Å². The SMILES string of the molecule is CNCc1cc([N+](=O)[O-])ccc1OCCc1nccn1C. The number of hydrogen-bond donors (Lipinski definition) is 1. The van der Waals surface area contributed by atoms with Crippen molar-refractivity contribution < 1.29 is 9.66 Å². The number of imidazole rings is 1. The normalized spacial score (nSPS) is 10.6. The van der Waals surface area contributed by atoms with E-state index in [1.54, 1.807) is 19.3 Å². The van der Waals surface area contributed by atoms with Gasteiger partial charge in [-0.2, -0.15) is 0 Å². The Labute approximate surface area is 122 Å². The Morgan fingerprint density at radius 2 is 2.29 bits per heavy atom. The third-order valence-corrected chi connectivity index (χ3v) is 3.13. The summed E-state index contributed by atoms with van der Waals surface area (Å²) in [5.74, 6) is 1.59. The van der Waals surface area contributed by atoms with Gasteiger partial charge < -0.3 is 14.6 Å². The van der Waals surface area contributed by atoms with E-state index >= 15 is 0 Å². The number of benzene rings is 1. The molecule has 0 aliphatic rings. The molecule has 1 heterocycles. The molecule has 2 rings (SSSR count). The van der Waals surface area contributed by atoms with Gasteiger partial charge in [-0.1, -0.05) is 0 Å². The number of hydrogen-bond acceptors (Lipinski definition) is 5. The maximum atomic E-state index is 10.8. The molecular weight excluding hydrogens is 272 g/mol. The fourth-order valence-electron chi connectivity index (χ4n) is 2.04. The Kier molecular flexibility index (Phi) is 4.89. The Balaban J connectivity index is 2.04. The van der Waals surface area contributed by atoms with Crippen molar-refractivity contribution in [3.63, 3.8) is 0 Å². The molecule has 1 aromatic carbocycles. The number of nitro groups is 1. The van der Waals surface area contributed by atoms with E-state index in [0.717, 1.165) is 11.4 Å². The molecule has 0 aliphatic heterocycles. The van der Waals surface area contributed by atoms with Gasteiger partial charge in [-0.25, -0.2) is 4.98 Å². The molecule has 112 valence electrons. The fourth-order valence-corrected chi connectivity index (χ4v) is 2.04. The van der Waals surface area contributed by atoms with Gasteiger partial charge >= 0.3 is 0 Å². The summed E-state index contributed by atoms with van der Waals surface area (Å²) in [6, 6.07) is 4.63. The Hall–Kier alpha value is -2.41. The fraction of sp³-hybridized carbons (Fsp3) is 0.357. The molecule has 0 bridgehead atoms. The second kappa shape index (κ2) is 6.85. The molecule has 0 fully saturated rings. The largest absolute Gasteiger partial charge is 0.493 e. The van der Waals surface area contributed by atoms with Crippen LogP contribution in [0.5, 0.6) is 5.75 Å². The Bertz CT molecular complexity index is 624. The topological polar surface area (TPSA) is 82.2 Å². The van der Waals surface area contributed by atoms with Gasteiger partial charge in [0.25, 0.3) is 5.69 Å². The maximum Gasteiger partial charge on any atom is 0.270 e. The van der Waals surface area contributed by atoms with Crippen LogP contribution in [-0.4, -0.2) is 28.1 Å². The average molecular weight is 290 g/mol. The van der Waals surface area contributed by atoms with E-state index in [1.165, 1.54) is 12.1 Å². The number of nitro benzene ring substituents is 1. The summed E-state index contributed by atoms with van der Waals surface area (Å²) in [6.45, 7) is 0.985.